The zero-order valence-electron chi connectivity index (χ0n) is 20.9. The number of hydrogen-bond acceptors (Lipinski definition) is 7. The van der Waals surface area contributed by atoms with Crippen LogP contribution < -0.4 is 9.47 Å². The Labute approximate surface area is 215 Å². The van der Waals surface area contributed by atoms with Crippen LogP contribution in [0, 0.1) is 6.92 Å². The van der Waals surface area contributed by atoms with Gasteiger partial charge in [-0.1, -0.05) is 35.9 Å². The first kappa shape index (κ1) is 25.8. The molecule has 3 aromatic carbocycles. The summed E-state index contributed by atoms with van der Waals surface area (Å²) in [5.74, 6) is -1.15. The summed E-state index contributed by atoms with van der Waals surface area (Å²) in [6, 6.07) is 18.3. The number of nitrogens with zero attached hydrogens (tertiary/aromatic N) is 1. The third-order valence-electron chi connectivity index (χ3n) is 6.21. The molecule has 0 saturated carbocycles. The van der Waals surface area contributed by atoms with Gasteiger partial charge in [-0.2, -0.15) is 0 Å². The maximum Gasteiger partial charge on any atom is 0.295 e. The SMILES string of the molecule is COCCN1C(=O)C(=O)/C(=C(/O)c2ccc(OCc3cccc(C)c3)cc2)[C@H]1c1ccc(O)c(OC)c1. The Morgan fingerprint density at radius 1 is 1.00 bits per heavy atom. The minimum absolute atomic E-state index is 0.0534. The Morgan fingerprint density at radius 3 is 2.43 bits per heavy atom. The van der Waals surface area contributed by atoms with Crippen molar-refractivity contribution in [1.82, 2.24) is 4.90 Å². The second kappa shape index (κ2) is 11.2. The summed E-state index contributed by atoms with van der Waals surface area (Å²) in [6.07, 6.45) is 0. The second-order valence-corrected chi connectivity index (χ2v) is 8.72. The molecule has 0 radical (unpaired) electrons. The molecule has 4 rings (SSSR count). The number of aromatic hydroxyl groups is 1. The normalized spacial score (nSPS) is 16.7. The first-order valence-corrected chi connectivity index (χ1v) is 11.8. The van der Waals surface area contributed by atoms with Gasteiger partial charge in [0, 0.05) is 19.2 Å². The van der Waals surface area contributed by atoms with Crippen molar-refractivity contribution in [2.45, 2.75) is 19.6 Å². The van der Waals surface area contributed by atoms with Crippen LogP contribution in [0.15, 0.2) is 72.3 Å². The number of phenols is 1. The van der Waals surface area contributed by atoms with Crippen molar-refractivity contribution in [1.29, 1.82) is 0 Å². The Hall–Kier alpha value is -4.30. The molecular weight excluding hydrogens is 474 g/mol. The average Bonchev–Trinajstić information content (AvgIpc) is 3.16. The van der Waals surface area contributed by atoms with Gasteiger partial charge in [-0.15, -0.1) is 0 Å². The molecule has 0 aliphatic carbocycles. The van der Waals surface area contributed by atoms with Crippen LogP contribution in [-0.2, 0) is 20.9 Å². The highest BCUT2D eigenvalue weighted by molar-refractivity contribution is 6.46. The lowest BCUT2D eigenvalue weighted by molar-refractivity contribution is -0.140. The summed E-state index contributed by atoms with van der Waals surface area (Å²) in [4.78, 5) is 27.4. The van der Waals surface area contributed by atoms with Crippen molar-refractivity contribution < 1.29 is 34.0 Å². The van der Waals surface area contributed by atoms with Crippen LogP contribution in [0.3, 0.4) is 0 Å². The number of carbonyl (C=O) groups excluding carboxylic acids is 2. The van der Waals surface area contributed by atoms with E-state index in [2.05, 4.69) is 0 Å². The molecule has 192 valence electrons. The van der Waals surface area contributed by atoms with Crippen LogP contribution in [0.25, 0.3) is 5.76 Å². The van der Waals surface area contributed by atoms with Crippen LogP contribution >= 0.6 is 0 Å². The molecule has 8 nitrogen and oxygen atoms in total. The number of aryl methyl sites for hydroxylation is 1. The zero-order chi connectivity index (χ0) is 26.5. The number of ketones is 1. The van der Waals surface area contributed by atoms with Crippen LogP contribution in [-0.4, -0.2) is 54.2 Å². The first-order valence-electron chi connectivity index (χ1n) is 11.8. The minimum atomic E-state index is -0.887. The van der Waals surface area contributed by atoms with E-state index >= 15 is 0 Å². The highest BCUT2D eigenvalue weighted by Gasteiger charge is 2.46. The van der Waals surface area contributed by atoms with Gasteiger partial charge >= 0.3 is 0 Å². The fourth-order valence-electron chi connectivity index (χ4n) is 4.34. The van der Waals surface area contributed by atoms with Crippen molar-refractivity contribution in [3.05, 3.63) is 94.6 Å². The maximum atomic E-state index is 13.1. The molecule has 1 saturated heterocycles. The maximum absolute atomic E-state index is 13.1. The Kier molecular flexibility index (Phi) is 7.79. The summed E-state index contributed by atoms with van der Waals surface area (Å²) in [6.45, 7) is 2.74. The molecule has 2 N–H and O–H groups in total. The Morgan fingerprint density at radius 2 is 1.76 bits per heavy atom. The molecule has 37 heavy (non-hydrogen) atoms. The molecule has 1 aliphatic heterocycles. The number of hydrogen-bond donors (Lipinski definition) is 2. The number of aliphatic hydroxyl groups is 1. The average molecular weight is 504 g/mol. The molecule has 1 heterocycles. The van der Waals surface area contributed by atoms with E-state index in [1.54, 1.807) is 36.4 Å². The predicted molar refractivity (Wildman–Crippen MR) is 137 cm³/mol. The molecule has 3 aromatic rings. The van der Waals surface area contributed by atoms with Gasteiger partial charge in [0.05, 0.1) is 25.3 Å². The molecule has 8 heteroatoms. The quantitative estimate of drug-likeness (QED) is 0.254. The monoisotopic (exact) mass is 503 g/mol. The van der Waals surface area contributed by atoms with E-state index < -0.39 is 17.7 Å². The molecule has 1 atom stereocenters. The first-order chi connectivity index (χ1) is 17.8. The smallest absolute Gasteiger partial charge is 0.295 e. The van der Waals surface area contributed by atoms with E-state index in [4.69, 9.17) is 14.2 Å². The second-order valence-electron chi connectivity index (χ2n) is 8.72. The highest BCUT2D eigenvalue weighted by Crippen LogP contribution is 2.41. The van der Waals surface area contributed by atoms with E-state index in [-0.39, 0.29) is 36.0 Å². The van der Waals surface area contributed by atoms with Crippen molar-refractivity contribution in [3.63, 3.8) is 0 Å². The number of likely N-dealkylation sites (tertiary alicyclic amines) is 1. The lowest BCUT2D eigenvalue weighted by Gasteiger charge is -2.25. The van der Waals surface area contributed by atoms with E-state index in [0.29, 0.717) is 23.5 Å². The predicted octanol–water partition coefficient (Wildman–Crippen LogP) is 4.36. The number of rotatable bonds is 9. The van der Waals surface area contributed by atoms with Gasteiger partial charge in [0.25, 0.3) is 11.7 Å². The molecule has 0 aromatic heterocycles. The zero-order valence-corrected chi connectivity index (χ0v) is 20.9. The van der Waals surface area contributed by atoms with Crippen LogP contribution in [0.4, 0.5) is 0 Å². The summed E-state index contributed by atoms with van der Waals surface area (Å²) in [5.41, 5.74) is 2.99. The molecule has 1 amide bonds. The Balaban J connectivity index is 1.67. The third-order valence-corrected chi connectivity index (χ3v) is 6.21. The number of phenolic OH excluding ortho intramolecular Hbond substituents is 1. The summed E-state index contributed by atoms with van der Waals surface area (Å²) in [5, 5.41) is 21.3. The number of benzene rings is 3. The number of ether oxygens (including phenoxy) is 3. The standard InChI is InChI=1S/C29H29NO7/c1-18-5-4-6-19(15-18)17-37-22-10-7-20(8-11-22)27(32)25-26(21-9-12-23(31)24(16-21)36-3)30(13-14-35-2)29(34)28(25)33/h4-12,15-16,26,31-32H,13-14,17H2,1-3H3/b27-25+/t26-/m1/s1. The van der Waals surface area contributed by atoms with E-state index in [0.717, 1.165) is 11.1 Å². The molecule has 1 aliphatic rings. The van der Waals surface area contributed by atoms with Crippen molar-refractivity contribution in [3.8, 4) is 17.2 Å². The largest absolute Gasteiger partial charge is 0.507 e. The molecular formula is C29H29NO7. The van der Waals surface area contributed by atoms with E-state index in [9.17, 15) is 19.8 Å². The minimum Gasteiger partial charge on any atom is -0.507 e. The number of Topliss-reactive ketones (excluding diaryl/α,β-unsaturated/α-hetero) is 1. The topological polar surface area (TPSA) is 106 Å². The van der Waals surface area contributed by atoms with Gasteiger partial charge in [0.15, 0.2) is 11.5 Å². The number of carbonyl (C=O) groups is 2. The number of aliphatic hydroxyl groups excluding tert-OH is 1. The summed E-state index contributed by atoms with van der Waals surface area (Å²) in [7, 11) is 2.90. The van der Waals surface area contributed by atoms with Crippen LogP contribution in [0.2, 0.25) is 0 Å². The van der Waals surface area contributed by atoms with E-state index in [1.807, 2.05) is 31.2 Å². The number of methoxy groups -OCH3 is 2. The van der Waals surface area contributed by atoms with Crippen molar-refractivity contribution >= 4 is 17.4 Å². The van der Waals surface area contributed by atoms with Gasteiger partial charge in [-0.3, -0.25) is 9.59 Å². The van der Waals surface area contributed by atoms with Gasteiger partial charge in [-0.25, -0.2) is 0 Å². The summed E-state index contributed by atoms with van der Waals surface area (Å²) >= 11 is 0. The molecule has 0 unspecified atom stereocenters. The van der Waals surface area contributed by atoms with Crippen LogP contribution in [0.1, 0.15) is 28.3 Å². The lowest BCUT2D eigenvalue weighted by atomic mass is 9.95. The van der Waals surface area contributed by atoms with Gasteiger partial charge in [0.1, 0.15) is 18.1 Å². The summed E-state index contributed by atoms with van der Waals surface area (Å²) < 4.78 is 16.2. The van der Waals surface area contributed by atoms with Crippen LogP contribution in [0.5, 0.6) is 17.2 Å². The fourth-order valence-corrected chi connectivity index (χ4v) is 4.34. The molecule has 1 fully saturated rings. The Bertz CT molecular complexity index is 1330. The van der Waals surface area contributed by atoms with Crippen molar-refractivity contribution in [2.75, 3.05) is 27.4 Å². The van der Waals surface area contributed by atoms with E-state index in [1.165, 1.54) is 25.2 Å². The van der Waals surface area contributed by atoms with Gasteiger partial charge in [-0.05, 0) is 54.4 Å². The lowest BCUT2D eigenvalue weighted by Crippen LogP contribution is -2.32. The van der Waals surface area contributed by atoms with Gasteiger partial charge in [0.2, 0.25) is 0 Å². The third kappa shape index (κ3) is 5.44. The molecule has 0 spiro atoms. The molecule has 0 bridgehead atoms. The van der Waals surface area contributed by atoms with Gasteiger partial charge < -0.3 is 29.3 Å². The number of amides is 1. The van der Waals surface area contributed by atoms with Crippen molar-refractivity contribution in [2.24, 2.45) is 0 Å². The fraction of sp³-hybridized carbons (Fsp3) is 0.241. The highest BCUT2D eigenvalue weighted by atomic mass is 16.5.